The molecule has 0 saturated carbocycles. The molecule has 30 heavy (non-hydrogen) atoms. The van der Waals surface area contributed by atoms with E-state index in [1.807, 2.05) is 30.0 Å². The van der Waals surface area contributed by atoms with Gasteiger partial charge in [0, 0.05) is 29.3 Å². The molecule has 0 saturated heterocycles. The fourth-order valence-corrected chi connectivity index (χ4v) is 4.02. The number of fused-ring (bicyclic) bond motifs is 4. The molecule has 0 radical (unpaired) electrons. The van der Waals surface area contributed by atoms with Crippen LogP contribution in [0.2, 0.25) is 0 Å². The smallest absolute Gasteiger partial charge is 0.189 e. The second-order valence-corrected chi connectivity index (χ2v) is 7.17. The fraction of sp³-hybridized carbons (Fsp3) is 0.227. The van der Waals surface area contributed by atoms with Crippen LogP contribution in [0.25, 0.3) is 11.0 Å². The summed E-state index contributed by atoms with van der Waals surface area (Å²) >= 11 is 0. The molecule has 1 aromatic heterocycles. The maximum Gasteiger partial charge on any atom is 0.189 e. The lowest BCUT2D eigenvalue weighted by atomic mass is 10.0. The van der Waals surface area contributed by atoms with E-state index in [4.69, 9.17) is 9.47 Å². The Kier molecular flexibility index (Phi) is 4.20. The molecule has 8 nitrogen and oxygen atoms in total. The minimum atomic E-state index is -0.104. The molecule has 0 bridgehead atoms. The third kappa shape index (κ3) is 2.72. The number of imidazole rings is 1. The number of benzene rings is 2. The van der Waals surface area contributed by atoms with Gasteiger partial charge in [-0.25, -0.2) is 4.98 Å². The van der Waals surface area contributed by atoms with Crippen LogP contribution in [-0.2, 0) is 0 Å². The number of hydrogen-bond acceptors (Lipinski definition) is 7. The Morgan fingerprint density at radius 3 is 2.90 bits per heavy atom. The van der Waals surface area contributed by atoms with Gasteiger partial charge in [-0.3, -0.25) is 9.79 Å². The number of aromatic nitrogens is 2. The van der Waals surface area contributed by atoms with E-state index in [1.165, 1.54) is 0 Å². The molecule has 3 heterocycles. The summed E-state index contributed by atoms with van der Waals surface area (Å²) in [6.07, 6.45) is 3.23. The molecule has 2 aliphatic rings. The number of aliphatic imine (C=N–C) groups is 1. The Bertz CT molecular complexity index is 1240. The van der Waals surface area contributed by atoms with Crippen LogP contribution >= 0.6 is 0 Å². The lowest BCUT2D eigenvalue weighted by Gasteiger charge is -2.33. The van der Waals surface area contributed by atoms with Crippen molar-refractivity contribution in [3.8, 4) is 11.5 Å². The number of aromatic amines is 1. The number of nitrogens with zero attached hydrogens (tertiary/aromatic N) is 3. The van der Waals surface area contributed by atoms with Crippen LogP contribution in [0.4, 0.5) is 5.69 Å². The summed E-state index contributed by atoms with van der Waals surface area (Å²) in [6.45, 7) is 3.29. The Morgan fingerprint density at radius 2 is 2.10 bits per heavy atom. The van der Waals surface area contributed by atoms with Crippen molar-refractivity contribution in [2.45, 2.75) is 6.92 Å². The second kappa shape index (κ2) is 6.91. The Balaban J connectivity index is 1.59. The highest BCUT2D eigenvalue weighted by molar-refractivity contribution is 6.12. The number of allylic oxidation sites excluding steroid dienone is 1. The number of carbonyl (C=O) groups is 1. The monoisotopic (exact) mass is 403 g/mol. The van der Waals surface area contributed by atoms with Crippen molar-refractivity contribution < 1.29 is 14.3 Å². The number of H-pyrrole nitrogens is 1. The number of methoxy groups -OCH3 is 2. The maximum atomic E-state index is 13.0. The predicted molar refractivity (Wildman–Crippen MR) is 115 cm³/mol. The van der Waals surface area contributed by atoms with Crippen molar-refractivity contribution in [2.24, 2.45) is 4.99 Å². The van der Waals surface area contributed by atoms with Gasteiger partial charge >= 0.3 is 0 Å². The van der Waals surface area contributed by atoms with Crippen molar-refractivity contribution in [2.75, 3.05) is 32.6 Å². The number of amidine groups is 1. The number of ketones is 1. The summed E-state index contributed by atoms with van der Waals surface area (Å²) in [7, 11) is 3.26. The van der Waals surface area contributed by atoms with Gasteiger partial charge in [-0.15, -0.1) is 0 Å². The lowest BCUT2D eigenvalue weighted by molar-refractivity contribution is 0.104. The molecule has 5 rings (SSSR count). The average molecular weight is 403 g/mol. The van der Waals surface area contributed by atoms with Crippen LogP contribution in [0.5, 0.6) is 11.5 Å². The molecule has 0 aliphatic carbocycles. The zero-order valence-electron chi connectivity index (χ0n) is 16.9. The van der Waals surface area contributed by atoms with Crippen LogP contribution in [0.15, 0.2) is 47.5 Å². The van der Waals surface area contributed by atoms with Crippen molar-refractivity contribution in [3.05, 3.63) is 59.2 Å². The number of carbonyl (C=O) groups excluding carboxylic acids is 1. The maximum absolute atomic E-state index is 13.0. The number of nitrogens with one attached hydrogen (secondary N) is 2. The molecule has 3 aromatic rings. The van der Waals surface area contributed by atoms with Crippen LogP contribution in [-0.4, -0.2) is 53.8 Å². The van der Waals surface area contributed by atoms with Gasteiger partial charge < -0.3 is 24.7 Å². The Labute approximate surface area is 173 Å². The minimum Gasteiger partial charge on any atom is -0.496 e. The highest BCUT2D eigenvalue weighted by atomic mass is 16.5. The van der Waals surface area contributed by atoms with Crippen molar-refractivity contribution in [3.63, 3.8) is 0 Å². The first-order chi connectivity index (χ1) is 14.6. The van der Waals surface area contributed by atoms with Crippen LogP contribution in [0.1, 0.15) is 21.5 Å². The Hall–Kier alpha value is -3.81. The standard InChI is InChI=1S/C22H21N5O3/c1-12-18(29-2)9-14-20(21(12)30-3)26-19(27-7-6-23-22(14)27)10-17(28)13-4-5-15-16(8-13)25-11-24-15/h4-5,8-11,26H,6-7H2,1-3H3,(H,24,25). The summed E-state index contributed by atoms with van der Waals surface area (Å²) in [5, 5.41) is 3.40. The largest absolute Gasteiger partial charge is 0.496 e. The first-order valence-electron chi connectivity index (χ1n) is 9.65. The normalized spacial score (nSPS) is 16.2. The topological polar surface area (TPSA) is 91.8 Å². The molecule has 152 valence electrons. The van der Waals surface area contributed by atoms with Gasteiger partial charge in [-0.1, -0.05) is 0 Å². The highest BCUT2D eigenvalue weighted by Crippen LogP contribution is 2.43. The molecule has 2 aliphatic heterocycles. The zero-order valence-corrected chi connectivity index (χ0v) is 16.9. The molecular weight excluding hydrogens is 382 g/mol. The van der Waals surface area contributed by atoms with E-state index in [2.05, 4.69) is 20.3 Å². The molecular formula is C22H21N5O3. The summed E-state index contributed by atoms with van der Waals surface area (Å²) in [4.78, 5) is 27.0. The van der Waals surface area contributed by atoms with E-state index < -0.39 is 0 Å². The van der Waals surface area contributed by atoms with Crippen LogP contribution < -0.4 is 14.8 Å². The van der Waals surface area contributed by atoms with Gasteiger partial charge in [0.1, 0.15) is 23.2 Å². The third-order valence-corrected chi connectivity index (χ3v) is 5.50. The molecule has 2 aromatic carbocycles. The van der Waals surface area contributed by atoms with Crippen molar-refractivity contribution in [1.82, 2.24) is 14.9 Å². The quantitative estimate of drug-likeness (QED) is 0.514. The van der Waals surface area contributed by atoms with Gasteiger partial charge in [0.2, 0.25) is 0 Å². The molecule has 0 amide bonds. The number of ether oxygens (including phenoxy) is 2. The number of anilines is 1. The molecule has 0 fully saturated rings. The van der Waals surface area contributed by atoms with E-state index in [9.17, 15) is 4.79 Å². The van der Waals surface area contributed by atoms with Crippen LogP contribution in [0, 0.1) is 6.92 Å². The van der Waals surface area contributed by atoms with E-state index in [0.717, 1.165) is 39.4 Å². The highest BCUT2D eigenvalue weighted by Gasteiger charge is 2.33. The SMILES string of the molecule is COc1cc2c(c(OC)c1C)NC(=CC(=O)c1ccc3nc[nH]c3c1)N1CCN=C21. The van der Waals surface area contributed by atoms with E-state index >= 15 is 0 Å². The van der Waals surface area contributed by atoms with Gasteiger partial charge in [0.15, 0.2) is 5.78 Å². The summed E-state index contributed by atoms with van der Waals surface area (Å²) in [5.74, 6) is 2.79. The molecule has 2 N–H and O–H groups in total. The molecule has 0 spiro atoms. The summed E-state index contributed by atoms with van der Waals surface area (Å²) < 4.78 is 11.2. The predicted octanol–water partition coefficient (Wildman–Crippen LogP) is 3.10. The lowest BCUT2D eigenvalue weighted by Crippen LogP contribution is -2.37. The van der Waals surface area contributed by atoms with Crippen molar-refractivity contribution in [1.29, 1.82) is 0 Å². The number of rotatable bonds is 4. The van der Waals surface area contributed by atoms with Gasteiger partial charge in [-0.05, 0) is 31.2 Å². The van der Waals surface area contributed by atoms with Gasteiger partial charge in [-0.2, -0.15) is 0 Å². The number of hydrogen-bond donors (Lipinski definition) is 2. The second-order valence-electron chi connectivity index (χ2n) is 7.17. The van der Waals surface area contributed by atoms with E-state index in [0.29, 0.717) is 30.2 Å². The van der Waals surface area contributed by atoms with E-state index in [1.54, 1.807) is 32.7 Å². The van der Waals surface area contributed by atoms with E-state index in [-0.39, 0.29) is 5.78 Å². The molecule has 0 unspecified atom stereocenters. The fourth-order valence-electron chi connectivity index (χ4n) is 4.02. The first-order valence-corrected chi connectivity index (χ1v) is 9.65. The summed E-state index contributed by atoms with van der Waals surface area (Å²) in [5.41, 5.74) is 4.81. The molecule has 0 atom stereocenters. The Morgan fingerprint density at radius 1 is 1.23 bits per heavy atom. The van der Waals surface area contributed by atoms with Crippen LogP contribution in [0.3, 0.4) is 0 Å². The average Bonchev–Trinajstić information content (AvgIpc) is 3.42. The van der Waals surface area contributed by atoms with Gasteiger partial charge in [0.25, 0.3) is 0 Å². The minimum absolute atomic E-state index is 0.104. The van der Waals surface area contributed by atoms with Gasteiger partial charge in [0.05, 0.1) is 43.8 Å². The first kappa shape index (κ1) is 18.2. The zero-order chi connectivity index (χ0) is 20.8. The molecule has 8 heteroatoms. The third-order valence-electron chi connectivity index (χ3n) is 5.50. The van der Waals surface area contributed by atoms with Crippen molar-refractivity contribution >= 4 is 28.3 Å². The summed E-state index contributed by atoms with van der Waals surface area (Å²) in [6, 6.07) is 7.39.